The number of alkyl halides is 3. The van der Waals surface area contributed by atoms with Crippen LogP contribution in [-0.2, 0) is 0 Å². The van der Waals surface area contributed by atoms with E-state index in [9.17, 15) is 18.3 Å². The molecule has 25 heavy (non-hydrogen) atoms. The molecule has 0 saturated carbocycles. The van der Waals surface area contributed by atoms with Crippen molar-refractivity contribution in [2.45, 2.75) is 18.2 Å². The van der Waals surface area contributed by atoms with Crippen LogP contribution in [0, 0.1) is 0 Å². The molecule has 0 bridgehead atoms. The topological polar surface area (TPSA) is 66.5 Å². The maximum atomic E-state index is 13.1. The van der Waals surface area contributed by atoms with E-state index in [0.29, 0.717) is 17.3 Å². The summed E-state index contributed by atoms with van der Waals surface area (Å²) in [4.78, 5) is 9.91. The number of hydrogen-bond acceptors (Lipinski definition) is 5. The summed E-state index contributed by atoms with van der Waals surface area (Å²) in [7, 11) is 0. The van der Waals surface area contributed by atoms with Gasteiger partial charge in [-0.05, 0) is 0 Å². The fourth-order valence-corrected chi connectivity index (χ4v) is 3.00. The molecule has 3 heterocycles. The first-order chi connectivity index (χ1) is 11.9. The van der Waals surface area contributed by atoms with Gasteiger partial charge in [0.2, 0.25) is 0 Å². The quantitative estimate of drug-likeness (QED) is 0.769. The molecule has 1 fully saturated rings. The van der Waals surface area contributed by atoms with Crippen LogP contribution in [0.25, 0.3) is 17.0 Å². The Morgan fingerprint density at radius 2 is 1.92 bits per heavy atom. The molecule has 6 nitrogen and oxygen atoms in total. The van der Waals surface area contributed by atoms with Crippen molar-refractivity contribution in [1.82, 2.24) is 19.6 Å². The van der Waals surface area contributed by atoms with Gasteiger partial charge in [-0.25, -0.2) is 4.98 Å². The molecule has 4 rings (SSSR count). The number of hydrogen-bond donors (Lipinski definition) is 1. The first kappa shape index (κ1) is 15.8. The molecular weight excluding hydrogens is 335 g/mol. The molecule has 3 aromatic rings. The van der Waals surface area contributed by atoms with Crippen molar-refractivity contribution >= 4 is 11.6 Å². The van der Waals surface area contributed by atoms with Crippen molar-refractivity contribution in [2.24, 2.45) is 0 Å². The third kappa shape index (κ3) is 2.60. The summed E-state index contributed by atoms with van der Waals surface area (Å²) in [5.74, 6) is 0.709. The first-order valence-corrected chi connectivity index (χ1v) is 7.68. The lowest BCUT2D eigenvalue weighted by atomic mass is 10.0. The monoisotopic (exact) mass is 349 g/mol. The molecule has 1 aliphatic rings. The number of benzene rings is 1. The van der Waals surface area contributed by atoms with E-state index in [1.807, 2.05) is 30.3 Å². The fraction of sp³-hybridized carbons (Fsp3) is 0.312. The molecule has 0 aliphatic carbocycles. The summed E-state index contributed by atoms with van der Waals surface area (Å²) in [5, 5.41) is 14.0. The average molecular weight is 349 g/mol. The van der Waals surface area contributed by atoms with Crippen molar-refractivity contribution in [3.63, 3.8) is 0 Å². The van der Waals surface area contributed by atoms with Crippen LogP contribution in [0.5, 0.6) is 0 Å². The zero-order valence-corrected chi connectivity index (χ0v) is 13.0. The highest BCUT2D eigenvalue weighted by Gasteiger charge is 2.57. The van der Waals surface area contributed by atoms with Crippen molar-refractivity contribution in [2.75, 3.05) is 18.0 Å². The number of β-amino-alcohol motifs (C(OH)–C–C–N with tert-alkyl or cyclic N) is 1. The van der Waals surface area contributed by atoms with Gasteiger partial charge in [-0.3, -0.25) is 0 Å². The van der Waals surface area contributed by atoms with E-state index in [0.717, 1.165) is 5.56 Å². The van der Waals surface area contributed by atoms with Crippen LogP contribution in [0.1, 0.15) is 6.42 Å². The molecule has 1 N–H and O–H groups in total. The molecule has 0 radical (unpaired) electrons. The van der Waals surface area contributed by atoms with E-state index in [4.69, 9.17) is 0 Å². The summed E-state index contributed by atoms with van der Waals surface area (Å²) >= 11 is 0. The Morgan fingerprint density at radius 1 is 1.16 bits per heavy atom. The molecule has 0 amide bonds. The lowest BCUT2D eigenvalue weighted by Crippen LogP contribution is -2.47. The van der Waals surface area contributed by atoms with Crippen LogP contribution in [0.4, 0.5) is 19.0 Å². The Morgan fingerprint density at radius 3 is 2.60 bits per heavy atom. The van der Waals surface area contributed by atoms with E-state index in [-0.39, 0.29) is 6.54 Å². The number of anilines is 1. The molecule has 9 heteroatoms. The van der Waals surface area contributed by atoms with E-state index < -0.39 is 24.7 Å². The second-order valence-corrected chi connectivity index (χ2v) is 6.04. The number of fused-ring (bicyclic) bond motifs is 1. The highest BCUT2D eigenvalue weighted by molar-refractivity contribution is 5.66. The number of aliphatic hydroxyl groups is 1. The Bertz CT molecular complexity index is 911. The lowest BCUT2D eigenvalue weighted by molar-refractivity contribution is -0.250. The normalized spacial score (nSPS) is 21.2. The van der Waals surface area contributed by atoms with Crippen LogP contribution in [0.3, 0.4) is 0 Å². The summed E-state index contributed by atoms with van der Waals surface area (Å²) in [5.41, 5.74) is -1.33. The van der Waals surface area contributed by atoms with Gasteiger partial charge in [-0.2, -0.15) is 27.8 Å². The molecule has 1 saturated heterocycles. The molecule has 0 spiro atoms. The van der Waals surface area contributed by atoms with Gasteiger partial charge in [0.05, 0.1) is 12.2 Å². The molecule has 1 aliphatic heterocycles. The van der Waals surface area contributed by atoms with Crippen LogP contribution in [-0.4, -0.2) is 49.6 Å². The Kier molecular flexibility index (Phi) is 3.43. The predicted octanol–water partition coefficient (Wildman–Crippen LogP) is 2.29. The molecular formula is C16H14F3N5O. The zero-order valence-electron chi connectivity index (χ0n) is 13.0. The lowest BCUT2D eigenvalue weighted by Gasteiger charge is -2.26. The van der Waals surface area contributed by atoms with Gasteiger partial charge >= 0.3 is 6.18 Å². The molecule has 1 unspecified atom stereocenters. The highest BCUT2D eigenvalue weighted by atomic mass is 19.4. The second kappa shape index (κ2) is 5.41. The third-order valence-corrected chi connectivity index (χ3v) is 4.40. The predicted molar refractivity (Wildman–Crippen MR) is 84.1 cm³/mol. The number of halogens is 3. The van der Waals surface area contributed by atoms with Crippen LogP contribution >= 0.6 is 0 Å². The maximum Gasteiger partial charge on any atom is 0.418 e. The number of nitrogens with zero attached hydrogens (tertiary/aromatic N) is 5. The second-order valence-electron chi connectivity index (χ2n) is 6.04. The Labute approximate surface area is 140 Å². The van der Waals surface area contributed by atoms with Gasteiger partial charge in [-0.15, -0.1) is 0 Å². The van der Waals surface area contributed by atoms with E-state index in [1.54, 1.807) is 6.07 Å². The maximum absolute atomic E-state index is 13.1. The SMILES string of the molecule is OC1(C(F)(F)F)CCN(c2cc(-c3ccccc3)nc3ncnn23)C1. The zero-order chi connectivity index (χ0) is 17.7. The van der Waals surface area contributed by atoms with E-state index in [1.165, 1.54) is 15.7 Å². The highest BCUT2D eigenvalue weighted by Crippen LogP contribution is 2.39. The molecule has 2 aromatic heterocycles. The fourth-order valence-electron chi connectivity index (χ4n) is 3.00. The molecule has 130 valence electrons. The van der Waals surface area contributed by atoms with Gasteiger partial charge in [0.25, 0.3) is 5.78 Å². The summed E-state index contributed by atoms with van der Waals surface area (Å²) < 4.78 is 40.7. The van der Waals surface area contributed by atoms with Gasteiger partial charge in [0.15, 0.2) is 5.60 Å². The smallest absolute Gasteiger partial charge is 0.379 e. The van der Waals surface area contributed by atoms with Gasteiger partial charge in [-0.1, -0.05) is 30.3 Å². The van der Waals surface area contributed by atoms with Crippen molar-refractivity contribution in [3.8, 4) is 11.3 Å². The number of aromatic nitrogens is 4. The average Bonchev–Trinajstić information content (AvgIpc) is 3.21. The van der Waals surface area contributed by atoms with Gasteiger partial charge in [0.1, 0.15) is 12.1 Å². The van der Waals surface area contributed by atoms with Gasteiger partial charge in [0, 0.05) is 24.6 Å². The Balaban J connectivity index is 1.79. The minimum Gasteiger partial charge on any atom is -0.379 e. The van der Waals surface area contributed by atoms with E-state index >= 15 is 0 Å². The summed E-state index contributed by atoms with van der Waals surface area (Å²) in [6, 6.07) is 10.9. The minimum atomic E-state index is -4.68. The van der Waals surface area contributed by atoms with Crippen molar-refractivity contribution in [1.29, 1.82) is 0 Å². The third-order valence-electron chi connectivity index (χ3n) is 4.40. The number of rotatable bonds is 2. The molecule has 1 aromatic carbocycles. The minimum absolute atomic E-state index is 0.0587. The van der Waals surface area contributed by atoms with Crippen LogP contribution in [0.2, 0.25) is 0 Å². The first-order valence-electron chi connectivity index (χ1n) is 7.68. The summed E-state index contributed by atoms with van der Waals surface area (Å²) in [6.07, 6.45) is -3.78. The summed E-state index contributed by atoms with van der Waals surface area (Å²) in [6.45, 7) is -0.493. The Hall–Kier alpha value is -2.68. The molecule has 1 atom stereocenters. The van der Waals surface area contributed by atoms with Crippen LogP contribution < -0.4 is 4.90 Å². The van der Waals surface area contributed by atoms with Crippen molar-refractivity contribution in [3.05, 3.63) is 42.7 Å². The largest absolute Gasteiger partial charge is 0.418 e. The van der Waals surface area contributed by atoms with Crippen molar-refractivity contribution < 1.29 is 18.3 Å². The van der Waals surface area contributed by atoms with E-state index in [2.05, 4.69) is 15.1 Å². The standard InChI is InChI=1S/C16H14F3N5O/c17-16(18,19)15(25)6-7-23(9-15)13-8-12(11-4-2-1-3-5-11)22-14-20-10-21-24(13)14/h1-5,8,10,25H,6-7,9H2. The van der Waals surface area contributed by atoms with Crippen LogP contribution in [0.15, 0.2) is 42.7 Å². The van der Waals surface area contributed by atoms with Gasteiger partial charge < -0.3 is 10.0 Å².